The van der Waals surface area contributed by atoms with E-state index < -0.39 is 26.6 Å². The Morgan fingerprint density at radius 1 is 1.33 bits per heavy atom. The molecular formula is C8H7F3O3P+. The van der Waals surface area contributed by atoms with E-state index >= 15 is 0 Å². The largest absolute Gasteiger partial charge is 0.695 e. The van der Waals surface area contributed by atoms with E-state index in [4.69, 9.17) is 4.89 Å². The van der Waals surface area contributed by atoms with E-state index in [-0.39, 0.29) is 5.56 Å². The molecule has 0 aromatic heterocycles. The van der Waals surface area contributed by atoms with Crippen LogP contribution >= 0.6 is 8.25 Å². The highest BCUT2D eigenvalue weighted by molar-refractivity contribution is 7.32. The Morgan fingerprint density at radius 2 is 1.93 bits per heavy atom. The molecule has 1 rings (SSSR count). The third-order valence-electron chi connectivity index (χ3n) is 1.65. The van der Waals surface area contributed by atoms with Crippen LogP contribution in [-0.4, -0.2) is 4.89 Å². The molecule has 1 N–H and O–H groups in total. The molecular weight excluding hydrogens is 232 g/mol. The lowest BCUT2D eigenvalue weighted by Gasteiger charge is -2.09. The molecule has 3 nitrogen and oxygen atoms in total. The van der Waals surface area contributed by atoms with Gasteiger partial charge in [0.1, 0.15) is 6.61 Å². The van der Waals surface area contributed by atoms with Crippen LogP contribution in [-0.2, 0) is 21.9 Å². The average Bonchev–Trinajstić information content (AvgIpc) is 2.13. The first-order chi connectivity index (χ1) is 6.91. The first-order valence-corrected chi connectivity index (χ1v) is 4.98. The molecule has 0 fully saturated rings. The van der Waals surface area contributed by atoms with Gasteiger partial charge in [-0.2, -0.15) is 13.2 Å². The van der Waals surface area contributed by atoms with Crippen LogP contribution in [0.1, 0.15) is 11.1 Å². The Labute approximate surface area is 84.4 Å². The molecule has 0 radical (unpaired) electrons. The second-order valence-corrected chi connectivity index (χ2v) is 3.40. The number of rotatable bonds is 3. The maximum absolute atomic E-state index is 12.4. The Kier molecular flexibility index (Phi) is 3.79. The van der Waals surface area contributed by atoms with Crippen LogP contribution in [0, 0.1) is 0 Å². The van der Waals surface area contributed by atoms with Gasteiger partial charge in [0.15, 0.2) is 0 Å². The molecule has 1 aromatic rings. The maximum Gasteiger partial charge on any atom is 0.695 e. The lowest BCUT2D eigenvalue weighted by Crippen LogP contribution is -2.09. The fraction of sp³-hybridized carbons (Fsp3) is 0.250. The molecule has 15 heavy (non-hydrogen) atoms. The fourth-order valence-electron chi connectivity index (χ4n) is 1.05. The molecule has 0 saturated carbocycles. The van der Waals surface area contributed by atoms with Crippen molar-refractivity contribution in [2.75, 3.05) is 0 Å². The highest BCUT2D eigenvalue weighted by atomic mass is 31.1. The van der Waals surface area contributed by atoms with Crippen LogP contribution in [0.25, 0.3) is 0 Å². The minimum absolute atomic E-state index is 0.164. The number of hydrogen-bond donors (Lipinski definition) is 1. The van der Waals surface area contributed by atoms with E-state index in [1.165, 1.54) is 18.2 Å². The van der Waals surface area contributed by atoms with Crippen molar-refractivity contribution < 1.29 is 27.2 Å². The molecule has 0 amide bonds. The molecule has 0 aliphatic heterocycles. The van der Waals surface area contributed by atoms with Crippen molar-refractivity contribution >= 4 is 8.25 Å². The second-order valence-electron chi connectivity index (χ2n) is 2.67. The Bertz CT molecular complexity index is 364. The summed E-state index contributed by atoms with van der Waals surface area (Å²) in [5.74, 6) is 0. The summed E-state index contributed by atoms with van der Waals surface area (Å²) in [5, 5.41) is 0. The summed E-state index contributed by atoms with van der Waals surface area (Å²) in [4.78, 5) is 8.31. The van der Waals surface area contributed by atoms with E-state index in [0.717, 1.165) is 6.07 Å². The summed E-state index contributed by atoms with van der Waals surface area (Å²) in [6.07, 6.45) is -4.49. The maximum atomic E-state index is 12.4. The van der Waals surface area contributed by atoms with Gasteiger partial charge in [-0.05, 0) is 11.6 Å². The van der Waals surface area contributed by atoms with Crippen molar-refractivity contribution in [3.05, 3.63) is 35.4 Å². The average molecular weight is 239 g/mol. The SMILES string of the molecule is O=[P+](O)OCc1ccccc1C(F)(F)F. The van der Waals surface area contributed by atoms with Crippen molar-refractivity contribution in [3.8, 4) is 0 Å². The van der Waals surface area contributed by atoms with Gasteiger partial charge in [0.25, 0.3) is 0 Å². The topological polar surface area (TPSA) is 46.5 Å². The first kappa shape index (κ1) is 12.1. The van der Waals surface area contributed by atoms with Gasteiger partial charge in [0.05, 0.1) is 5.56 Å². The summed E-state index contributed by atoms with van der Waals surface area (Å²) in [7, 11) is -2.89. The summed E-state index contributed by atoms with van der Waals surface area (Å²) in [6.45, 7) is -0.540. The van der Waals surface area contributed by atoms with Gasteiger partial charge >= 0.3 is 14.4 Å². The van der Waals surface area contributed by atoms with E-state index in [2.05, 4.69) is 4.52 Å². The van der Waals surface area contributed by atoms with Crippen molar-refractivity contribution in [1.29, 1.82) is 0 Å². The fourth-order valence-corrected chi connectivity index (χ4v) is 1.30. The number of hydrogen-bond acceptors (Lipinski definition) is 2. The van der Waals surface area contributed by atoms with Gasteiger partial charge in [-0.25, -0.2) is 0 Å². The third-order valence-corrected chi connectivity index (χ3v) is 2.00. The van der Waals surface area contributed by atoms with Gasteiger partial charge in [0.2, 0.25) is 0 Å². The minimum atomic E-state index is -4.49. The molecule has 7 heteroatoms. The van der Waals surface area contributed by atoms with Crippen LogP contribution < -0.4 is 0 Å². The monoisotopic (exact) mass is 239 g/mol. The molecule has 1 aromatic carbocycles. The zero-order chi connectivity index (χ0) is 11.5. The van der Waals surface area contributed by atoms with E-state index in [1.807, 2.05) is 0 Å². The highest BCUT2D eigenvalue weighted by Gasteiger charge is 2.33. The minimum Gasteiger partial charge on any atom is -0.166 e. The van der Waals surface area contributed by atoms with Crippen LogP contribution in [0.5, 0.6) is 0 Å². The van der Waals surface area contributed by atoms with Crippen molar-refractivity contribution in [2.24, 2.45) is 0 Å². The van der Waals surface area contributed by atoms with Gasteiger partial charge in [-0.1, -0.05) is 18.2 Å². The van der Waals surface area contributed by atoms with Crippen molar-refractivity contribution in [2.45, 2.75) is 12.8 Å². The number of alkyl halides is 3. The Hall–Kier alpha value is -0.970. The lowest BCUT2D eigenvalue weighted by atomic mass is 10.1. The number of halogens is 3. The first-order valence-electron chi connectivity index (χ1n) is 3.85. The second kappa shape index (κ2) is 4.70. The zero-order valence-electron chi connectivity index (χ0n) is 7.36. The Morgan fingerprint density at radius 3 is 2.47 bits per heavy atom. The zero-order valence-corrected chi connectivity index (χ0v) is 8.26. The third kappa shape index (κ3) is 3.58. The van der Waals surface area contributed by atoms with Crippen LogP contribution in [0.4, 0.5) is 13.2 Å². The van der Waals surface area contributed by atoms with Crippen molar-refractivity contribution in [1.82, 2.24) is 0 Å². The summed E-state index contributed by atoms with van der Waals surface area (Å²) in [6, 6.07) is 4.73. The standard InChI is InChI=1S/C8H6F3O3P/c9-8(10,11)7-4-2-1-3-6(7)5-14-15(12)13/h1-4H,5H2/p+1. The van der Waals surface area contributed by atoms with Crippen molar-refractivity contribution in [3.63, 3.8) is 0 Å². The normalized spacial score (nSPS) is 12.7. The molecule has 0 bridgehead atoms. The summed E-state index contributed by atoms with van der Waals surface area (Å²) < 4.78 is 51.6. The lowest BCUT2D eigenvalue weighted by molar-refractivity contribution is -0.138. The molecule has 1 atom stereocenters. The van der Waals surface area contributed by atoms with Gasteiger partial charge in [-0.3, -0.25) is 0 Å². The van der Waals surface area contributed by atoms with Gasteiger partial charge in [-0.15, -0.1) is 9.42 Å². The predicted octanol–water partition coefficient (Wildman–Crippen LogP) is 2.87. The summed E-state index contributed by atoms with van der Waals surface area (Å²) in [5.41, 5.74) is -1.02. The molecule has 0 aliphatic carbocycles. The van der Waals surface area contributed by atoms with Crippen LogP contribution in [0.3, 0.4) is 0 Å². The summed E-state index contributed by atoms with van der Waals surface area (Å²) >= 11 is 0. The highest BCUT2D eigenvalue weighted by Crippen LogP contribution is 2.33. The molecule has 82 valence electrons. The number of benzene rings is 1. The smallest absolute Gasteiger partial charge is 0.166 e. The van der Waals surface area contributed by atoms with E-state index in [9.17, 15) is 17.7 Å². The van der Waals surface area contributed by atoms with E-state index in [0.29, 0.717) is 0 Å². The molecule has 1 unspecified atom stereocenters. The predicted molar refractivity (Wildman–Crippen MR) is 46.1 cm³/mol. The van der Waals surface area contributed by atoms with Gasteiger partial charge in [0, 0.05) is 4.57 Å². The molecule has 0 spiro atoms. The quantitative estimate of drug-likeness (QED) is 0.825. The Balaban J connectivity index is 2.92. The molecule has 0 aliphatic rings. The van der Waals surface area contributed by atoms with Gasteiger partial charge < -0.3 is 0 Å². The van der Waals surface area contributed by atoms with E-state index in [1.54, 1.807) is 0 Å². The molecule has 0 heterocycles. The molecule has 0 saturated heterocycles. The van der Waals surface area contributed by atoms with Crippen LogP contribution in [0.15, 0.2) is 24.3 Å². The van der Waals surface area contributed by atoms with Crippen LogP contribution in [0.2, 0.25) is 0 Å².